The SMILES string of the molecule is CC(C)(C)CC(=O)/C=C/C1COCCN1. The van der Waals surface area contributed by atoms with Crippen molar-refractivity contribution in [1.82, 2.24) is 5.32 Å². The fourth-order valence-corrected chi connectivity index (χ4v) is 1.51. The molecular weight excluding hydrogens is 190 g/mol. The number of rotatable bonds is 3. The molecule has 0 aromatic heterocycles. The normalized spacial score (nSPS) is 23.3. The lowest BCUT2D eigenvalue weighted by Crippen LogP contribution is -2.39. The van der Waals surface area contributed by atoms with Crippen LogP contribution in [0.2, 0.25) is 0 Å². The summed E-state index contributed by atoms with van der Waals surface area (Å²) in [6, 6.07) is 0.197. The molecule has 1 atom stereocenters. The number of carbonyl (C=O) groups is 1. The van der Waals surface area contributed by atoms with E-state index in [1.807, 2.05) is 6.08 Å². The molecule has 0 radical (unpaired) electrons. The molecule has 1 unspecified atom stereocenters. The monoisotopic (exact) mass is 211 g/mol. The summed E-state index contributed by atoms with van der Waals surface area (Å²) in [5, 5.41) is 3.27. The Morgan fingerprint density at radius 1 is 1.53 bits per heavy atom. The maximum atomic E-state index is 11.5. The summed E-state index contributed by atoms with van der Waals surface area (Å²) in [4.78, 5) is 11.5. The second kappa shape index (κ2) is 5.42. The molecule has 1 N–H and O–H groups in total. The van der Waals surface area contributed by atoms with Crippen LogP contribution in [0.5, 0.6) is 0 Å². The van der Waals surface area contributed by atoms with Crippen LogP contribution in [0.4, 0.5) is 0 Å². The van der Waals surface area contributed by atoms with Crippen LogP contribution in [0.15, 0.2) is 12.2 Å². The number of hydrogen-bond acceptors (Lipinski definition) is 3. The lowest BCUT2D eigenvalue weighted by atomic mass is 9.90. The Labute approximate surface area is 91.9 Å². The zero-order chi connectivity index (χ0) is 11.3. The lowest BCUT2D eigenvalue weighted by molar-refractivity contribution is -0.116. The molecule has 1 fully saturated rings. The highest BCUT2D eigenvalue weighted by Gasteiger charge is 2.15. The van der Waals surface area contributed by atoms with E-state index in [9.17, 15) is 4.79 Å². The second-order valence-corrected chi connectivity index (χ2v) is 5.20. The molecule has 0 bridgehead atoms. The van der Waals surface area contributed by atoms with Crippen LogP contribution in [-0.4, -0.2) is 31.6 Å². The Morgan fingerprint density at radius 3 is 2.80 bits per heavy atom. The van der Waals surface area contributed by atoms with Crippen molar-refractivity contribution in [3.63, 3.8) is 0 Å². The average Bonchev–Trinajstić information content (AvgIpc) is 2.14. The summed E-state index contributed by atoms with van der Waals surface area (Å²) < 4.78 is 5.29. The van der Waals surface area contributed by atoms with Crippen LogP contribution in [0, 0.1) is 5.41 Å². The molecular formula is C12H21NO2. The minimum Gasteiger partial charge on any atom is -0.378 e. The summed E-state index contributed by atoms with van der Waals surface area (Å²) in [6.07, 6.45) is 4.18. The van der Waals surface area contributed by atoms with Gasteiger partial charge in [-0.25, -0.2) is 0 Å². The predicted molar refractivity (Wildman–Crippen MR) is 60.8 cm³/mol. The number of carbonyl (C=O) groups excluding carboxylic acids is 1. The van der Waals surface area contributed by atoms with Crippen molar-refractivity contribution in [2.24, 2.45) is 5.41 Å². The van der Waals surface area contributed by atoms with Gasteiger partial charge in [-0.05, 0) is 11.5 Å². The van der Waals surface area contributed by atoms with E-state index in [2.05, 4.69) is 26.1 Å². The van der Waals surface area contributed by atoms with E-state index in [1.54, 1.807) is 6.08 Å². The lowest BCUT2D eigenvalue weighted by Gasteiger charge is -2.21. The topological polar surface area (TPSA) is 38.3 Å². The Bertz CT molecular complexity index is 234. The van der Waals surface area contributed by atoms with Crippen LogP contribution >= 0.6 is 0 Å². The third-order valence-corrected chi connectivity index (χ3v) is 2.17. The van der Waals surface area contributed by atoms with Gasteiger partial charge in [0.25, 0.3) is 0 Å². The van der Waals surface area contributed by atoms with Gasteiger partial charge in [-0.1, -0.05) is 26.8 Å². The molecule has 1 aliphatic rings. The first-order chi connectivity index (χ1) is 6.97. The average molecular weight is 211 g/mol. The third-order valence-electron chi connectivity index (χ3n) is 2.17. The first kappa shape index (κ1) is 12.4. The molecule has 0 saturated carbocycles. The summed E-state index contributed by atoms with van der Waals surface area (Å²) in [5.74, 6) is 0.190. The predicted octanol–water partition coefficient (Wildman–Crippen LogP) is 1.54. The maximum Gasteiger partial charge on any atom is 0.155 e. The van der Waals surface area contributed by atoms with Crippen molar-refractivity contribution in [3.05, 3.63) is 12.2 Å². The Kier molecular flexibility index (Phi) is 4.48. The number of allylic oxidation sites excluding steroid dienone is 1. The van der Waals surface area contributed by atoms with Crippen molar-refractivity contribution in [2.45, 2.75) is 33.2 Å². The van der Waals surface area contributed by atoms with E-state index in [-0.39, 0.29) is 17.2 Å². The van der Waals surface area contributed by atoms with E-state index < -0.39 is 0 Å². The number of nitrogens with one attached hydrogen (secondary N) is 1. The Hall–Kier alpha value is -0.670. The summed E-state index contributed by atoms with van der Waals surface area (Å²) in [5.41, 5.74) is 0.0674. The number of hydrogen-bond donors (Lipinski definition) is 1. The summed E-state index contributed by atoms with van der Waals surface area (Å²) >= 11 is 0. The van der Waals surface area contributed by atoms with Gasteiger partial charge in [-0.2, -0.15) is 0 Å². The molecule has 1 aliphatic heterocycles. The van der Waals surface area contributed by atoms with E-state index in [0.717, 1.165) is 13.2 Å². The Balaban J connectivity index is 2.33. The van der Waals surface area contributed by atoms with Gasteiger partial charge in [0.2, 0.25) is 0 Å². The highest BCUT2D eigenvalue weighted by Crippen LogP contribution is 2.18. The van der Waals surface area contributed by atoms with Crippen LogP contribution in [0.3, 0.4) is 0 Å². The maximum absolute atomic E-state index is 11.5. The standard InChI is InChI=1S/C12H21NO2/c1-12(2,3)8-11(14)5-4-10-9-15-7-6-13-10/h4-5,10,13H,6-9H2,1-3H3/b5-4+. The van der Waals surface area contributed by atoms with Crippen LogP contribution in [-0.2, 0) is 9.53 Å². The van der Waals surface area contributed by atoms with E-state index >= 15 is 0 Å². The van der Waals surface area contributed by atoms with Crippen molar-refractivity contribution in [3.8, 4) is 0 Å². The molecule has 1 saturated heterocycles. The summed E-state index contributed by atoms with van der Waals surface area (Å²) in [7, 11) is 0. The van der Waals surface area contributed by atoms with E-state index in [1.165, 1.54) is 0 Å². The van der Waals surface area contributed by atoms with Crippen molar-refractivity contribution in [2.75, 3.05) is 19.8 Å². The first-order valence-electron chi connectivity index (χ1n) is 5.49. The van der Waals surface area contributed by atoms with Crippen LogP contribution in [0.25, 0.3) is 0 Å². The van der Waals surface area contributed by atoms with Gasteiger partial charge in [0, 0.05) is 19.0 Å². The highest BCUT2D eigenvalue weighted by molar-refractivity contribution is 5.90. The molecule has 15 heavy (non-hydrogen) atoms. The molecule has 0 aromatic carbocycles. The van der Waals surface area contributed by atoms with Gasteiger partial charge in [0.15, 0.2) is 5.78 Å². The molecule has 1 rings (SSSR count). The molecule has 86 valence electrons. The quantitative estimate of drug-likeness (QED) is 0.720. The smallest absolute Gasteiger partial charge is 0.155 e. The molecule has 1 heterocycles. The van der Waals surface area contributed by atoms with Crippen molar-refractivity contribution >= 4 is 5.78 Å². The van der Waals surface area contributed by atoms with Gasteiger partial charge in [0.1, 0.15) is 0 Å². The van der Waals surface area contributed by atoms with Gasteiger partial charge in [-0.3, -0.25) is 4.79 Å². The Morgan fingerprint density at radius 2 is 2.27 bits per heavy atom. The second-order valence-electron chi connectivity index (χ2n) is 5.20. The first-order valence-corrected chi connectivity index (χ1v) is 5.49. The van der Waals surface area contributed by atoms with E-state index in [0.29, 0.717) is 13.0 Å². The largest absolute Gasteiger partial charge is 0.378 e. The fourth-order valence-electron chi connectivity index (χ4n) is 1.51. The van der Waals surface area contributed by atoms with Crippen molar-refractivity contribution < 1.29 is 9.53 Å². The molecule has 3 heteroatoms. The zero-order valence-electron chi connectivity index (χ0n) is 9.88. The molecule has 0 spiro atoms. The minimum atomic E-state index is 0.0674. The van der Waals surface area contributed by atoms with Gasteiger partial charge < -0.3 is 10.1 Å². The fraction of sp³-hybridized carbons (Fsp3) is 0.750. The van der Waals surface area contributed by atoms with Crippen LogP contribution in [0.1, 0.15) is 27.2 Å². The number of ether oxygens (including phenoxy) is 1. The molecule has 0 aliphatic carbocycles. The minimum absolute atomic E-state index is 0.0674. The van der Waals surface area contributed by atoms with Gasteiger partial charge >= 0.3 is 0 Å². The summed E-state index contributed by atoms with van der Waals surface area (Å²) in [6.45, 7) is 8.50. The zero-order valence-corrected chi connectivity index (χ0v) is 9.88. The number of ketones is 1. The van der Waals surface area contributed by atoms with Crippen molar-refractivity contribution in [1.29, 1.82) is 0 Å². The third kappa shape index (κ3) is 5.70. The number of morpholine rings is 1. The van der Waals surface area contributed by atoms with E-state index in [4.69, 9.17) is 4.74 Å². The van der Waals surface area contributed by atoms with Gasteiger partial charge in [0.05, 0.1) is 13.2 Å². The van der Waals surface area contributed by atoms with Crippen LogP contribution < -0.4 is 5.32 Å². The molecule has 3 nitrogen and oxygen atoms in total. The molecule has 0 amide bonds. The van der Waals surface area contributed by atoms with Gasteiger partial charge in [-0.15, -0.1) is 0 Å². The highest BCUT2D eigenvalue weighted by atomic mass is 16.5. The molecule has 0 aromatic rings.